The zero-order chi connectivity index (χ0) is 9.68. The molecule has 0 nitrogen and oxygen atoms in total. The third-order valence-corrected chi connectivity index (χ3v) is 2.46. The van der Waals surface area contributed by atoms with Gasteiger partial charge in [0.2, 0.25) is 0 Å². The maximum atomic E-state index is 3.80. The van der Waals surface area contributed by atoms with Gasteiger partial charge in [0.15, 0.2) is 0 Å². The number of allylic oxidation sites excluding steroid dienone is 1. The van der Waals surface area contributed by atoms with Crippen molar-refractivity contribution in [3.63, 3.8) is 0 Å². The average Bonchev–Trinajstić information content (AvgIpc) is 2.14. The average molecular weight is 174 g/mol. The first kappa shape index (κ1) is 10.0. The second-order valence-corrected chi connectivity index (χ2v) is 3.54. The van der Waals surface area contributed by atoms with Gasteiger partial charge in [-0.05, 0) is 31.2 Å². The van der Waals surface area contributed by atoms with E-state index in [4.69, 9.17) is 0 Å². The Kier molecular flexibility index (Phi) is 3.75. The maximum Gasteiger partial charge on any atom is -0.0130 e. The second-order valence-electron chi connectivity index (χ2n) is 3.54. The smallest absolute Gasteiger partial charge is 0.0130 e. The summed E-state index contributed by atoms with van der Waals surface area (Å²) < 4.78 is 0. The van der Waals surface area contributed by atoms with Crippen LogP contribution in [0.5, 0.6) is 0 Å². The van der Waals surface area contributed by atoms with Crippen LogP contribution in [0, 0.1) is 6.92 Å². The molecule has 0 N–H and O–H groups in total. The minimum atomic E-state index is 0.650. The van der Waals surface area contributed by atoms with E-state index in [-0.39, 0.29) is 0 Å². The van der Waals surface area contributed by atoms with Crippen molar-refractivity contribution < 1.29 is 0 Å². The fourth-order valence-corrected chi connectivity index (χ4v) is 1.66. The summed E-state index contributed by atoms with van der Waals surface area (Å²) in [6.45, 7) is 8.17. The SMILES string of the molecule is C=CCC(CC)c1cccc(C)c1. The van der Waals surface area contributed by atoms with Crippen molar-refractivity contribution in [1.82, 2.24) is 0 Å². The van der Waals surface area contributed by atoms with E-state index in [1.807, 2.05) is 6.08 Å². The molecule has 1 atom stereocenters. The van der Waals surface area contributed by atoms with Crippen molar-refractivity contribution in [2.24, 2.45) is 0 Å². The highest BCUT2D eigenvalue weighted by atomic mass is 14.1. The Labute approximate surface area is 81.3 Å². The number of hydrogen-bond acceptors (Lipinski definition) is 0. The normalized spacial score (nSPS) is 12.5. The van der Waals surface area contributed by atoms with Crippen LogP contribution < -0.4 is 0 Å². The summed E-state index contributed by atoms with van der Waals surface area (Å²) in [5.41, 5.74) is 2.79. The zero-order valence-electron chi connectivity index (χ0n) is 8.59. The zero-order valence-corrected chi connectivity index (χ0v) is 8.59. The fourth-order valence-electron chi connectivity index (χ4n) is 1.66. The van der Waals surface area contributed by atoms with Gasteiger partial charge in [0, 0.05) is 0 Å². The summed E-state index contributed by atoms with van der Waals surface area (Å²) in [5.74, 6) is 0.650. The lowest BCUT2D eigenvalue weighted by Crippen LogP contribution is -1.95. The summed E-state index contributed by atoms with van der Waals surface area (Å²) in [7, 11) is 0. The molecule has 1 rings (SSSR count). The summed E-state index contributed by atoms with van der Waals surface area (Å²) in [6, 6.07) is 8.77. The Morgan fingerprint density at radius 2 is 2.23 bits per heavy atom. The van der Waals surface area contributed by atoms with E-state index in [9.17, 15) is 0 Å². The van der Waals surface area contributed by atoms with Gasteiger partial charge in [0.1, 0.15) is 0 Å². The van der Waals surface area contributed by atoms with Gasteiger partial charge in [-0.25, -0.2) is 0 Å². The number of rotatable bonds is 4. The van der Waals surface area contributed by atoms with Crippen LogP contribution in [-0.4, -0.2) is 0 Å². The van der Waals surface area contributed by atoms with Crippen molar-refractivity contribution in [1.29, 1.82) is 0 Å². The summed E-state index contributed by atoms with van der Waals surface area (Å²) in [5, 5.41) is 0. The Bertz CT molecular complexity index is 273. The highest BCUT2D eigenvalue weighted by Crippen LogP contribution is 2.23. The Morgan fingerprint density at radius 1 is 1.46 bits per heavy atom. The van der Waals surface area contributed by atoms with Crippen LogP contribution in [0.25, 0.3) is 0 Å². The monoisotopic (exact) mass is 174 g/mol. The summed E-state index contributed by atoms with van der Waals surface area (Å²) in [6.07, 6.45) is 4.28. The first-order valence-electron chi connectivity index (χ1n) is 4.95. The predicted molar refractivity (Wildman–Crippen MR) is 59.0 cm³/mol. The van der Waals surface area contributed by atoms with Crippen LogP contribution in [0.4, 0.5) is 0 Å². The second kappa shape index (κ2) is 4.86. The molecule has 1 aromatic rings. The van der Waals surface area contributed by atoms with E-state index in [1.165, 1.54) is 17.5 Å². The number of benzene rings is 1. The van der Waals surface area contributed by atoms with Crippen LogP contribution >= 0.6 is 0 Å². The molecule has 0 saturated heterocycles. The van der Waals surface area contributed by atoms with Crippen LogP contribution in [0.1, 0.15) is 36.8 Å². The van der Waals surface area contributed by atoms with Crippen molar-refractivity contribution in [3.05, 3.63) is 48.0 Å². The molecular weight excluding hydrogens is 156 g/mol. The van der Waals surface area contributed by atoms with E-state index in [1.54, 1.807) is 0 Å². The maximum absolute atomic E-state index is 3.80. The molecule has 1 unspecified atom stereocenters. The van der Waals surface area contributed by atoms with Crippen molar-refractivity contribution in [3.8, 4) is 0 Å². The van der Waals surface area contributed by atoms with Gasteiger partial charge >= 0.3 is 0 Å². The lowest BCUT2D eigenvalue weighted by atomic mass is 9.92. The van der Waals surface area contributed by atoms with Gasteiger partial charge in [-0.1, -0.05) is 42.8 Å². The van der Waals surface area contributed by atoms with Crippen molar-refractivity contribution in [2.75, 3.05) is 0 Å². The largest absolute Gasteiger partial charge is 0.103 e. The first-order valence-corrected chi connectivity index (χ1v) is 4.95. The van der Waals surface area contributed by atoms with Gasteiger partial charge < -0.3 is 0 Å². The van der Waals surface area contributed by atoms with E-state index in [2.05, 4.69) is 44.7 Å². The van der Waals surface area contributed by atoms with Crippen LogP contribution in [-0.2, 0) is 0 Å². The summed E-state index contributed by atoms with van der Waals surface area (Å²) >= 11 is 0. The highest BCUT2D eigenvalue weighted by Gasteiger charge is 2.06. The molecule has 0 bridgehead atoms. The highest BCUT2D eigenvalue weighted by molar-refractivity contribution is 5.25. The molecule has 0 amide bonds. The van der Waals surface area contributed by atoms with E-state index >= 15 is 0 Å². The third kappa shape index (κ3) is 2.73. The minimum absolute atomic E-state index is 0.650. The Morgan fingerprint density at radius 3 is 2.77 bits per heavy atom. The first-order chi connectivity index (χ1) is 6.27. The molecule has 0 heteroatoms. The molecule has 0 heterocycles. The van der Waals surface area contributed by atoms with Gasteiger partial charge in [0.25, 0.3) is 0 Å². The lowest BCUT2D eigenvalue weighted by molar-refractivity contribution is 0.674. The predicted octanol–water partition coefficient (Wildman–Crippen LogP) is 4.06. The minimum Gasteiger partial charge on any atom is -0.103 e. The Hall–Kier alpha value is -1.04. The standard InChI is InChI=1S/C13H18/c1-4-7-12(5-2)13-9-6-8-11(3)10-13/h4,6,8-10,12H,1,5,7H2,2-3H3. The molecule has 0 spiro atoms. The van der Waals surface area contributed by atoms with Gasteiger partial charge in [-0.2, -0.15) is 0 Å². The molecule has 0 saturated carbocycles. The van der Waals surface area contributed by atoms with E-state index in [0.717, 1.165) is 6.42 Å². The summed E-state index contributed by atoms with van der Waals surface area (Å²) in [4.78, 5) is 0. The van der Waals surface area contributed by atoms with Gasteiger partial charge in [0.05, 0.1) is 0 Å². The molecule has 0 aliphatic heterocycles. The van der Waals surface area contributed by atoms with Crippen LogP contribution in [0.15, 0.2) is 36.9 Å². The van der Waals surface area contributed by atoms with Crippen LogP contribution in [0.3, 0.4) is 0 Å². The molecule has 0 fully saturated rings. The topological polar surface area (TPSA) is 0 Å². The van der Waals surface area contributed by atoms with Gasteiger partial charge in [-0.15, -0.1) is 6.58 Å². The van der Waals surface area contributed by atoms with E-state index < -0.39 is 0 Å². The third-order valence-electron chi connectivity index (χ3n) is 2.46. The molecule has 1 aromatic carbocycles. The molecule has 13 heavy (non-hydrogen) atoms. The van der Waals surface area contributed by atoms with Crippen molar-refractivity contribution >= 4 is 0 Å². The lowest BCUT2D eigenvalue weighted by Gasteiger charge is -2.13. The quantitative estimate of drug-likeness (QED) is 0.604. The van der Waals surface area contributed by atoms with Gasteiger partial charge in [-0.3, -0.25) is 0 Å². The number of aryl methyl sites for hydroxylation is 1. The molecule has 0 aromatic heterocycles. The molecule has 0 aliphatic rings. The van der Waals surface area contributed by atoms with Crippen molar-refractivity contribution in [2.45, 2.75) is 32.6 Å². The molecular formula is C13H18. The van der Waals surface area contributed by atoms with Crippen LogP contribution in [0.2, 0.25) is 0 Å². The fraction of sp³-hybridized carbons (Fsp3) is 0.385. The molecule has 0 aliphatic carbocycles. The molecule has 70 valence electrons. The molecule has 0 radical (unpaired) electrons. The number of hydrogen-bond donors (Lipinski definition) is 0. The Balaban J connectivity index is 2.84. The van der Waals surface area contributed by atoms with E-state index in [0.29, 0.717) is 5.92 Å².